The van der Waals surface area contributed by atoms with Crippen molar-refractivity contribution in [1.29, 1.82) is 0 Å². The summed E-state index contributed by atoms with van der Waals surface area (Å²) in [6, 6.07) is 5.45. The highest BCUT2D eigenvalue weighted by molar-refractivity contribution is 7.90. The van der Waals surface area contributed by atoms with Gasteiger partial charge in [0.2, 0.25) is 0 Å². The van der Waals surface area contributed by atoms with E-state index in [9.17, 15) is 17.9 Å². The summed E-state index contributed by atoms with van der Waals surface area (Å²) in [6.45, 7) is 1.78. The summed E-state index contributed by atoms with van der Waals surface area (Å²) in [5.74, 6) is 5.52. The second kappa shape index (κ2) is 12.5. The summed E-state index contributed by atoms with van der Waals surface area (Å²) >= 11 is 0. The highest BCUT2D eigenvalue weighted by atomic mass is 32.2. The number of rotatable bonds is 11. The van der Waals surface area contributed by atoms with Crippen molar-refractivity contribution in [3.8, 4) is 0 Å². The first-order chi connectivity index (χ1) is 15.6. The van der Waals surface area contributed by atoms with E-state index in [4.69, 9.17) is 15.3 Å². The predicted molar refractivity (Wildman–Crippen MR) is 126 cm³/mol. The van der Waals surface area contributed by atoms with E-state index < -0.39 is 34.9 Å². The smallest absolute Gasteiger partial charge is 0.175 e. The molecule has 0 aromatic heterocycles. The zero-order valence-electron chi connectivity index (χ0n) is 19.6. The third kappa shape index (κ3) is 8.11. The van der Waals surface area contributed by atoms with Crippen molar-refractivity contribution in [2.45, 2.75) is 61.7 Å². The van der Waals surface area contributed by atoms with E-state index >= 15 is 0 Å². The summed E-state index contributed by atoms with van der Waals surface area (Å²) in [5.41, 5.74) is 1.12. The van der Waals surface area contributed by atoms with Crippen LogP contribution in [0.25, 0.3) is 0 Å². The Morgan fingerprint density at radius 1 is 1.39 bits per heavy atom. The number of aliphatic hydroxyl groups is 1. The van der Waals surface area contributed by atoms with Crippen molar-refractivity contribution < 1.29 is 27.4 Å². The van der Waals surface area contributed by atoms with Gasteiger partial charge in [-0.1, -0.05) is 12.1 Å². The molecule has 1 aromatic rings. The van der Waals surface area contributed by atoms with E-state index in [-0.39, 0.29) is 17.0 Å². The molecule has 0 radical (unpaired) electrons. The summed E-state index contributed by atoms with van der Waals surface area (Å²) in [4.78, 5) is 6.61. The van der Waals surface area contributed by atoms with Crippen molar-refractivity contribution in [2.24, 2.45) is 15.9 Å². The van der Waals surface area contributed by atoms with Crippen molar-refractivity contribution in [3.05, 3.63) is 29.8 Å². The molecule has 5 atom stereocenters. The molecule has 0 spiro atoms. The Balaban J connectivity index is 2.02. The van der Waals surface area contributed by atoms with Gasteiger partial charge < -0.3 is 25.3 Å². The Bertz CT molecular complexity index is 900. The molecular weight excluding hydrogens is 451 g/mol. The molecule has 3 N–H and O–H groups in total. The van der Waals surface area contributed by atoms with Crippen LogP contribution in [0.3, 0.4) is 0 Å². The molecule has 1 fully saturated rings. The van der Waals surface area contributed by atoms with Crippen LogP contribution in [0.5, 0.6) is 0 Å². The maximum atomic E-state index is 13.8. The summed E-state index contributed by atoms with van der Waals surface area (Å²) in [6.07, 6.45) is 2.93. The average molecular weight is 487 g/mol. The van der Waals surface area contributed by atoms with E-state index in [1.165, 1.54) is 25.5 Å². The Morgan fingerprint density at radius 2 is 2.06 bits per heavy atom. The lowest BCUT2D eigenvalue weighted by Crippen LogP contribution is -2.43. The number of sulfone groups is 1. The number of ether oxygens (including phenoxy) is 2. The molecule has 0 amide bonds. The van der Waals surface area contributed by atoms with Gasteiger partial charge in [-0.05, 0) is 38.1 Å². The fourth-order valence-corrected chi connectivity index (χ4v) is 4.52. The first-order valence-corrected chi connectivity index (χ1v) is 12.7. The van der Waals surface area contributed by atoms with Gasteiger partial charge in [-0.25, -0.2) is 12.8 Å². The third-order valence-electron chi connectivity index (χ3n) is 5.79. The molecule has 33 heavy (non-hydrogen) atoms. The van der Waals surface area contributed by atoms with Gasteiger partial charge in [-0.3, -0.25) is 4.99 Å². The molecule has 1 aliphatic rings. The predicted octanol–water partition coefficient (Wildman–Crippen LogP) is 1.71. The van der Waals surface area contributed by atoms with Gasteiger partial charge >= 0.3 is 0 Å². The molecule has 1 heterocycles. The number of hydrazone groups is 1. The van der Waals surface area contributed by atoms with Crippen molar-refractivity contribution >= 4 is 21.8 Å². The second-order valence-electron chi connectivity index (χ2n) is 8.37. The number of halogens is 1. The first-order valence-electron chi connectivity index (χ1n) is 10.8. The molecule has 2 rings (SSSR count). The van der Waals surface area contributed by atoms with Gasteiger partial charge in [-0.15, -0.1) is 0 Å². The van der Waals surface area contributed by atoms with Crippen LogP contribution < -0.4 is 5.84 Å². The number of alkyl halides is 1. The zero-order valence-corrected chi connectivity index (χ0v) is 20.4. The van der Waals surface area contributed by atoms with Crippen LogP contribution in [-0.2, 0) is 19.3 Å². The monoisotopic (exact) mass is 486 g/mol. The number of hydrogen-bond donors (Lipinski definition) is 2. The first kappa shape index (κ1) is 27.3. The SMILES string of the molecule is CO[C@H](c1ccc(S(C)(=O)=O)cc1)[C@@H](CF)N=C/C(CCN(C)[C@H]1C[C@@H](C)O[C@@H](O)C1)=N\N. The molecule has 0 aliphatic carbocycles. The number of hydrogen-bond acceptors (Lipinski definition) is 9. The topological polar surface area (TPSA) is 127 Å². The van der Waals surface area contributed by atoms with Gasteiger partial charge in [0.05, 0.1) is 16.7 Å². The van der Waals surface area contributed by atoms with Crippen molar-refractivity contribution in [2.75, 3.05) is 33.6 Å². The maximum absolute atomic E-state index is 13.8. The van der Waals surface area contributed by atoms with E-state index in [2.05, 4.69) is 15.0 Å². The van der Waals surface area contributed by atoms with Crippen LogP contribution in [0.2, 0.25) is 0 Å². The van der Waals surface area contributed by atoms with Crippen LogP contribution in [0, 0.1) is 0 Å². The summed E-state index contributed by atoms with van der Waals surface area (Å²) < 4.78 is 48.0. The van der Waals surface area contributed by atoms with Crippen molar-refractivity contribution in [3.63, 3.8) is 0 Å². The van der Waals surface area contributed by atoms with E-state index in [1.54, 1.807) is 12.1 Å². The van der Waals surface area contributed by atoms with Gasteiger partial charge in [-0.2, -0.15) is 5.10 Å². The van der Waals surface area contributed by atoms with E-state index in [0.717, 1.165) is 12.7 Å². The van der Waals surface area contributed by atoms with Gasteiger partial charge in [0.25, 0.3) is 0 Å². The number of benzene rings is 1. The van der Waals surface area contributed by atoms with Gasteiger partial charge in [0.15, 0.2) is 16.1 Å². The standard InChI is InChI=1S/C22H35FN4O5S/c1-15-11-18(12-21(28)32-15)27(2)10-9-17(26-24)14-25-20(13-23)22(31-3)16-5-7-19(8-6-16)33(4,29)30/h5-8,14-15,18,20-22,28H,9-13,24H2,1-4H3/b25-14?,26-17-/t15-,18+,20-,21-,22-/m1/s1. The highest BCUT2D eigenvalue weighted by Gasteiger charge is 2.28. The second-order valence-corrected chi connectivity index (χ2v) is 10.4. The largest absolute Gasteiger partial charge is 0.374 e. The number of methoxy groups -OCH3 is 1. The maximum Gasteiger partial charge on any atom is 0.175 e. The molecule has 0 saturated carbocycles. The molecule has 11 heteroatoms. The lowest BCUT2D eigenvalue weighted by Gasteiger charge is -2.36. The summed E-state index contributed by atoms with van der Waals surface area (Å²) in [7, 11) is 0.0829. The third-order valence-corrected chi connectivity index (χ3v) is 6.92. The lowest BCUT2D eigenvalue weighted by atomic mass is 10.0. The Labute approximate surface area is 195 Å². The van der Waals surface area contributed by atoms with Crippen LogP contribution in [0.4, 0.5) is 4.39 Å². The fraction of sp³-hybridized carbons (Fsp3) is 0.636. The quantitative estimate of drug-likeness (QED) is 0.277. The molecular formula is C22H35FN4O5S. The molecule has 1 saturated heterocycles. The van der Waals surface area contributed by atoms with E-state index in [1.807, 2.05) is 14.0 Å². The Kier molecular flexibility index (Phi) is 10.4. The fourth-order valence-electron chi connectivity index (χ4n) is 3.89. The number of nitrogens with two attached hydrogens (primary N) is 1. The lowest BCUT2D eigenvalue weighted by molar-refractivity contribution is -0.173. The van der Waals surface area contributed by atoms with Crippen LogP contribution in [0.1, 0.15) is 37.9 Å². The molecule has 0 unspecified atom stereocenters. The minimum atomic E-state index is -3.33. The van der Waals surface area contributed by atoms with Gasteiger partial charge in [0, 0.05) is 45.0 Å². The van der Waals surface area contributed by atoms with Gasteiger partial charge in [0.1, 0.15) is 18.8 Å². The van der Waals surface area contributed by atoms with Crippen LogP contribution in [0.15, 0.2) is 39.3 Å². The minimum Gasteiger partial charge on any atom is -0.374 e. The van der Waals surface area contributed by atoms with Crippen LogP contribution >= 0.6 is 0 Å². The molecule has 1 aromatic carbocycles. The number of nitrogens with zero attached hydrogens (tertiary/aromatic N) is 3. The molecule has 186 valence electrons. The van der Waals surface area contributed by atoms with Crippen LogP contribution in [-0.4, -0.2) is 88.5 Å². The average Bonchev–Trinajstić information content (AvgIpc) is 2.77. The van der Waals surface area contributed by atoms with E-state index in [0.29, 0.717) is 30.7 Å². The summed E-state index contributed by atoms with van der Waals surface area (Å²) in [5, 5.41) is 13.6. The normalized spacial score (nSPS) is 24.3. The molecule has 9 nitrogen and oxygen atoms in total. The Hall–Kier alpha value is -1.92. The van der Waals surface area contributed by atoms with Crippen molar-refractivity contribution in [1.82, 2.24) is 4.90 Å². The number of aliphatic imine (C=N–C) groups is 1. The highest BCUT2D eigenvalue weighted by Crippen LogP contribution is 2.25. The number of aliphatic hydroxyl groups excluding tert-OH is 1. The zero-order chi connectivity index (χ0) is 24.6. The minimum absolute atomic E-state index is 0.0202. The Morgan fingerprint density at radius 3 is 2.58 bits per heavy atom. The molecule has 1 aliphatic heterocycles. The molecule has 0 bridgehead atoms.